The number of rotatable bonds is 5. The average molecular weight is 511 g/mol. The number of halogens is 2. The number of nitrogens with one attached hydrogen (secondary N) is 1. The van der Waals surface area contributed by atoms with E-state index in [0.717, 1.165) is 5.56 Å². The van der Waals surface area contributed by atoms with E-state index in [-0.39, 0.29) is 17.9 Å². The number of carbonyl (C=O) groups is 2. The molecule has 1 saturated heterocycles. The standard InChI is InChI=1S/C23H28Cl2N4O3S/c1-23(2,3)32-22(31)29-9-7-15(8-10-29)19-16(13-27-21(28-19)33-4)20(30)26-12-14-5-6-17(24)18(25)11-14/h5-6,11,13,15H,7-10,12H2,1-4H3,(H,26,30). The lowest BCUT2D eigenvalue weighted by Gasteiger charge is -2.33. The first-order chi connectivity index (χ1) is 15.6. The highest BCUT2D eigenvalue weighted by Crippen LogP contribution is 2.31. The van der Waals surface area contributed by atoms with Crippen molar-refractivity contribution in [3.63, 3.8) is 0 Å². The Balaban J connectivity index is 1.71. The maximum absolute atomic E-state index is 13.0. The summed E-state index contributed by atoms with van der Waals surface area (Å²) in [5, 5.41) is 4.44. The van der Waals surface area contributed by atoms with Crippen LogP contribution in [0.5, 0.6) is 0 Å². The van der Waals surface area contributed by atoms with Crippen LogP contribution >= 0.6 is 35.0 Å². The third-order valence-electron chi connectivity index (χ3n) is 5.19. The fourth-order valence-electron chi connectivity index (χ4n) is 3.55. The Hall–Kier alpha value is -2.03. The van der Waals surface area contributed by atoms with Gasteiger partial charge in [0.25, 0.3) is 5.91 Å². The molecule has 1 aliphatic heterocycles. The quantitative estimate of drug-likeness (QED) is 0.419. The predicted octanol–water partition coefficient (Wildman–Crippen LogP) is 5.55. The summed E-state index contributed by atoms with van der Waals surface area (Å²) in [4.78, 5) is 36.1. The van der Waals surface area contributed by atoms with Crippen molar-refractivity contribution in [1.29, 1.82) is 0 Å². The molecular weight excluding hydrogens is 483 g/mol. The van der Waals surface area contributed by atoms with Gasteiger partial charge < -0.3 is 15.0 Å². The van der Waals surface area contributed by atoms with E-state index in [0.29, 0.717) is 58.9 Å². The number of likely N-dealkylation sites (tertiary alicyclic amines) is 1. The van der Waals surface area contributed by atoms with E-state index >= 15 is 0 Å². The van der Waals surface area contributed by atoms with Gasteiger partial charge in [0.2, 0.25) is 0 Å². The van der Waals surface area contributed by atoms with E-state index < -0.39 is 5.60 Å². The second-order valence-corrected chi connectivity index (χ2v) is 10.4. The van der Waals surface area contributed by atoms with Gasteiger partial charge in [-0.25, -0.2) is 14.8 Å². The summed E-state index contributed by atoms with van der Waals surface area (Å²) < 4.78 is 5.48. The zero-order chi connectivity index (χ0) is 24.2. The van der Waals surface area contributed by atoms with Crippen LogP contribution in [-0.2, 0) is 11.3 Å². The number of hydrogen-bond donors (Lipinski definition) is 1. The van der Waals surface area contributed by atoms with Crippen LogP contribution in [0.4, 0.5) is 4.79 Å². The maximum Gasteiger partial charge on any atom is 0.410 e. The molecular formula is C23H28Cl2N4O3S. The topological polar surface area (TPSA) is 84.4 Å². The van der Waals surface area contributed by atoms with Crippen molar-refractivity contribution in [1.82, 2.24) is 20.2 Å². The zero-order valence-corrected chi connectivity index (χ0v) is 21.5. The van der Waals surface area contributed by atoms with E-state index in [2.05, 4.69) is 15.3 Å². The number of nitrogens with zero attached hydrogens (tertiary/aromatic N) is 3. The van der Waals surface area contributed by atoms with Crippen molar-refractivity contribution in [2.75, 3.05) is 19.3 Å². The molecule has 2 heterocycles. The van der Waals surface area contributed by atoms with E-state index in [1.807, 2.05) is 33.1 Å². The Morgan fingerprint density at radius 1 is 1.21 bits per heavy atom. The van der Waals surface area contributed by atoms with Crippen molar-refractivity contribution in [3.05, 3.63) is 51.3 Å². The van der Waals surface area contributed by atoms with E-state index in [1.54, 1.807) is 23.2 Å². The SMILES string of the molecule is CSc1ncc(C(=O)NCc2ccc(Cl)c(Cl)c2)c(C2CCN(C(=O)OC(C)(C)C)CC2)n1. The summed E-state index contributed by atoms with van der Waals surface area (Å²) in [5.74, 6) is -0.207. The number of hydrogen-bond acceptors (Lipinski definition) is 6. The van der Waals surface area contributed by atoms with Crippen LogP contribution in [0.1, 0.15) is 61.1 Å². The lowest BCUT2D eigenvalue weighted by Crippen LogP contribution is -2.41. The zero-order valence-electron chi connectivity index (χ0n) is 19.2. The molecule has 0 bridgehead atoms. The molecule has 0 radical (unpaired) electrons. The van der Waals surface area contributed by atoms with E-state index in [4.69, 9.17) is 27.9 Å². The van der Waals surface area contributed by atoms with Gasteiger partial charge in [0.1, 0.15) is 5.60 Å². The van der Waals surface area contributed by atoms with Crippen molar-refractivity contribution < 1.29 is 14.3 Å². The fourth-order valence-corrected chi connectivity index (χ4v) is 4.22. The van der Waals surface area contributed by atoms with Crippen LogP contribution < -0.4 is 5.32 Å². The first kappa shape index (κ1) is 25.6. The molecule has 178 valence electrons. The molecule has 1 aromatic carbocycles. The minimum Gasteiger partial charge on any atom is -0.444 e. The molecule has 0 unspecified atom stereocenters. The number of amides is 2. The molecule has 1 aliphatic rings. The molecule has 0 atom stereocenters. The minimum absolute atomic E-state index is 0.0447. The fraction of sp³-hybridized carbons (Fsp3) is 0.478. The predicted molar refractivity (Wildman–Crippen MR) is 131 cm³/mol. The molecule has 33 heavy (non-hydrogen) atoms. The third kappa shape index (κ3) is 6.98. The van der Waals surface area contributed by atoms with Crippen molar-refractivity contribution >= 4 is 47.0 Å². The molecule has 0 spiro atoms. The van der Waals surface area contributed by atoms with Gasteiger partial charge in [0.05, 0.1) is 21.3 Å². The van der Waals surface area contributed by atoms with Crippen molar-refractivity contribution in [2.45, 2.75) is 56.8 Å². The second-order valence-electron chi connectivity index (χ2n) is 8.83. The molecule has 2 amide bonds. The summed E-state index contributed by atoms with van der Waals surface area (Å²) >= 11 is 13.5. The highest BCUT2D eigenvalue weighted by atomic mass is 35.5. The highest BCUT2D eigenvalue weighted by Gasteiger charge is 2.30. The van der Waals surface area contributed by atoms with Gasteiger partial charge in [0.15, 0.2) is 5.16 Å². The summed E-state index contributed by atoms with van der Waals surface area (Å²) in [6.07, 6.45) is 4.55. The number of piperidine rings is 1. The lowest BCUT2D eigenvalue weighted by atomic mass is 9.90. The van der Waals surface area contributed by atoms with Gasteiger partial charge in [-0.1, -0.05) is 41.0 Å². The number of ether oxygens (including phenoxy) is 1. The van der Waals surface area contributed by atoms with Crippen LogP contribution in [0, 0.1) is 0 Å². The molecule has 2 aromatic rings. The number of thioether (sulfide) groups is 1. The first-order valence-electron chi connectivity index (χ1n) is 10.7. The molecule has 1 N–H and O–H groups in total. The normalized spacial score (nSPS) is 14.8. The number of carbonyl (C=O) groups excluding carboxylic acids is 2. The molecule has 1 fully saturated rings. The molecule has 3 rings (SSSR count). The second kappa shape index (κ2) is 10.9. The molecule has 10 heteroatoms. The molecule has 0 saturated carbocycles. The highest BCUT2D eigenvalue weighted by molar-refractivity contribution is 7.98. The monoisotopic (exact) mass is 510 g/mol. The third-order valence-corrected chi connectivity index (χ3v) is 6.49. The van der Waals surface area contributed by atoms with Gasteiger partial charge in [-0.15, -0.1) is 0 Å². The van der Waals surface area contributed by atoms with Crippen LogP contribution in [0.25, 0.3) is 0 Å². The van der Waals surface area contributed by atoms with E-state index in [9.17, 15) is 9.59 Å². The van der Waals surface area contributed by atoms with Crippen molar-refractivity contribution in [2.24, 2.45) is 0 Å². The van der Waals surface area contributed by atoms with Crippen LogP contribution in [0.2, 0.25) is 10.0 Å². The smallest absolute Gasteiger partial charge is 0.410 e. The summed E-state index contributed by atoms with van der Waals surface area (Å²) in [7, 11) is 0. The maximum atomic E-state index is 13.0. The Kier molecular flexibility index (Phi) is 8.48. The van der Waals surface area contributed by atoms with Crippen LogP contribution in [-0.4, -0.2) is 51.8 Å². The summed E-state index contributed by atoms with van der Waals surface area (Å²) in [6, 6.07) is 5.24. The van der Waals surface area contributed by atoms with Crippen molar-refractivity contribution in [3.8, 4) is 0 Å². The largest absolute Gasteiger partial charge is 0.444 e. The summed E-state index contributed by atoms with van der Waals surface area (Å²) in [5.41, 5.74) is 1.47. The van der Waals surface area contributed by atoms with Gasteiger partial charge in [-0.2, -0.15) is 0 Å². The average Bonchev–Trinajstić information content (AvgIpc) is 2.78. The molecule has 0 aliphatic carbocycles. The lowest BCUT2D eigenvalue weighted by molar-refractivity contribution is 0.0203. The summed E-state index contributed by atoms with van der Waals surface area (Å²) in [6.45, 7) is 6.95. The van der Waals surface area contributed by atoms with Crippen LogP contribution in [0.15, 0.2) is 29.6 Å². The van der Waals surface area contributed by atoms with Gasteiger partial charge in [0, 0.05) is 31.7 Å². The first-order valence-corrected chi connectivity index (χ1v) is 12.7. The molecule has 1 aromatic heterocycles. The minimum atomic E-state index is -0.534. The van der Waals surface area contributed by atoms with E-state index in [1.165, 1.54) is 11.8 Å². The Morgan fingerprint density at radius 2 is 1.91 bits per heavy atom. The van der Waals surface area contributed by atoms with Gasteiger partial charge >= 0.3 is 6.09 Å². The molecule has 7 nitrogen and oxygen atoms in total. The number of aromatic nitrogens is 2. The number of benzene rings is 1. The Bertz CT molecular complexity index is 1020. The van der Waals surface area contributed by atoms with Crippen LogP contribution in [0.3, 0.4) is 0 Å². The Morgan fingerprint density at radius 3 is 2.52 bits per heavy atom. The van der Waals surface area contributed by atoms with Gasteiger partial charge in [-0.05, 0) is 57.6 Å². The Labute approximate surface area is 208 Å². The van der Waals surface area contributed by atoms with Gasteiger partial charge in [-0.3, -0.25) is 4.79 Å².